The zero-order chi connectivity index (χ0) is 12.0. The normalized spacial score (nSPS) is 10.2. The van der Waals surface area contributed by atoms with Gasteiger partial charge < -0.3 is 10.2 Å². The number of carbonyl (C=O) groups excluding carboxylic acids is 1. The van der Waals surface area contributed by atoms with Crippen LogP contribution in [0.4, 0.5) is 4.79 Å². The minimum absolute atomic E-state index is 0.000862. The first-order valence-corrected chi connectivity index (χ1v) is 5.68. The lowest BCUT2D eigenvalue weighted by atomic mass is 10.3. The number of aryl methyl sites for hydroxylation is 1. The second-order valence-electron chi connectivity index (χ2n) is 3.63. The SMILES string of the molecule is CCN(CC)C(=O)NCCc1ccn(C)n1. The second-order valence-corrected chi connectivity index (χ2v) is 3.63. The number of urea groups is 1. The molecule has 1 rings (SSSR count). The zero-order valence-electron chi connectivity index (χ0n) is 10.2. The van der Waals surface area contributed by atoms with E-state index in [2.05, 4.69) is 10.4 Å². The first kappa shape index (κ1) is 12.5. The van der Waals surface area contributed by atoms with Crippen LogP contribution in [0.1, 0.15) is 19.5 Å². The smallest absolute Gasteiger partial charge is 0.317 e. The van der Waals surface area contributed by atoms with Gasteiger partial charge in [-0.3, -0.25) is 4.68 Å². The van der Waals surface area contributed by atoms with Gasteiger partial charge >= 0.3 is 6.03 Å². The minimum atomic E-state index is 0.000862. The molecule has 0 atom stereocenters. The fourth-order valence-electron chi connectivity index (χ4n) is 1.52. The number of nitrogens with one attached hydrogen (secondary N) is 1. The van der Waals surface area contributed by atoms with Crippen LogP contribution in [0, 0.1) is 0 Å². The van der Waals surface area contributed by atoms with Crippen molar-refractivity contribution in [1.29, 1.82) is 0 Å². The van der Waals surface area contributed by atoms with Gasteiger partial charge in [0.2, 0.25) is 0 Å². The Hall–Kier alpha value is -1.52. The maximum Gasteiger partial charge on any atom is 0.317 e. The van der Waals surface area contributed by atoms with Crippen LogP contribution in [0.15, 0.2) is 12.3 Å². The van der Waals surface area contributed by atoms with Crippen molar-refractivity contribution < 1.29 is 4.79 Å². The third kappa shape index (κ3) is 3.56. The van der Waals surface area contributed by atoms with Gasteiger partial charge in [-0.05, 0) is 19.9 Å². The predicted octanol–water partition coefficient (Wildman–Crippen LogP) is 1.01. The lowest BCUT2D eigenvalue weighted by Crippen LogP contribution is -2.40. The van der Waals surface area contributed by atoms with Crippen LogP contribution in [0.25, 0.3) is 0 Å². The van der Waals surface area contributed by atoms with Crippen molar-refractivity contribution in [3.05, 3.63) is 18.0 Å². The molecule has 1 aromatic heterocycles. The Bertz CT molecular complexity index is 330. The summed E-state index contributed by atoms with van der Waals surface area (Å²) in [6, 6.07) is 1.96. The van der Waals surface area contributed by atoms with E-state index in [4.69, 9.17) is 0 Å². The van der Waals surface area contributed by atoms with Gasteiger partial charge in [0, 0.05) is 39.3 Å². The number of hydrogen-bond acceptors (Lipinski definition) is 2. The van der Waals surface area contributed by atoms with E-state index in [0.29, 0.717) is 6.54 Å². The third-order valence-electron chi connectivity index (χ3n) is 2.48. The van der Waals surface area contributed by atoms with E-state index in [1.807, 2.05) is 33.2 Å². The number of amides is 2. The summed E-state index contributed by atoms with van der Waals surface area (Å²) in [5, 5.41) is 7.12. The highest BCUT2D eigenvalue weighted by Crippen LogP contribution is 1.94. The van der Waals surface area contributed by atoms with E-state index in [-0.39, 0.29) is 6.03 Å². The summed E-state index contributed by atoms with van der Waals surface area (Å²) in [5.41, 5.74) is 1.00. The van der Waals surface area contributed by atoms with E-state index in [1.54, 1.807) is 9.58 Å². The van der Waals surface area contributed by atoms with Gasteiger partial charge in [0.1, 0.15) is 0 Å². The first-order valence-electron chi connectivity index (χ1n) is 5.68. The molecule has 0 aliphatic rings. The average molecular weight is 224 g/mol. The second kappa shape index (κ2) is 6.15. The number of rotatable bonds is 5. The average Bonchev–Trinajstić information content (AvgIpc) is 2.66. The van der Waals surface area contributed by atoms with Gasteiger partial charge in [-0.1, -0.05) is 0 Å². The molecule has 0 saturated carbocycles. The molecule has 1 aromatic rings. The molecule has 0 aliphatic heterocycles. The van der Waals surface area contributed by atoms with Gasteiger partial charge in [0.25, 0.3) is 0 Å². The summed E-state index contributed by atoms with van der Waals surface area (Å²) in [6.07, 6.45) is 2.68. The summed E-state index contributed by atoms with van der Waals surface area (Å²) in [7, 11) is 1.89. The molecule has 16 heavy (non-hydrogen) atoms. The first-order chi connectivity index (χ1) is 7.67. The molecule has 5 heteroatoms. The van der Waals surface area contributed by atoms with Crippen molar-refractivity contribution in [2.75, 3.05) is 19.6 Å². The maximum absolute atomic E-state index is 11.6. The van der Waals surface area contributed by atoms with Crippen LogP contribution >= 0.6 is 0 Å². The molecule has 0 saturated heterocycles. The molecule has 0 unspecified atom stereocenters. The molecule has 2 amide bonds. The highest BCUT2D eigenvalue weighted by molar-refractivity contribution is 5.74. The predicted molar refractivity (Wildman–Crippen MR) is 63.2 cm³/mol. The van der Waals surface area contributed by atoms with Crippen molar-refractivity contribution in [2.45, 2.75) is 20.3 Å². The Labute approximate surface area is 96.4 Å². The molecular formula is C11H20N4O. The molecule has 90 valence electrons. The fraction of sp³-hybridized carbons (Fsp3) is 0.636. The molecule has 0 aromatic carbocycles. The maximum atomic E-state index is 11.6. The van der Waals surface area contributed by atoms with Crippen LogP contribution in [-0.2, 0) is 13.5 Å². The number of nitrogens with zero attached hydrogens (tertiary/aromatic N) is 3. The van der Waals surface area contributed by atoms with E-state index < -0.39 is 0 Å². The summed E-state index contributed by atoms with van der Waals surface area (Å²) < 4.78 is 1.77. The molecule has 1 N–H and O–H groups in total. The van der Waals surface area contributed by atoms with Gasteiger partial charge in [0.05, 0.1) is 5.69 Å². The van der Waals surface area contributed by atoms with Crippen LogP contribution in [-0.4, -0.2) is 40.3 Å². The third-order valence-corrected chi connectivity index (χ3v) is 2.48. The van der Waals surface area contributed by atoms with Gasteiger partial charge in [-0.15, -0.1) is 0 Å². The number of hydrogen-bond donors (Lipinski definition) is 1. The molecule has 0 radical (unpaired) electrons. The molecule has 0 spiro atoms. The van der Waals surface area contributed by atoms with Gasteiger partial charge in [-0.25, -0.2) is 4.79 Å². The largest absolute Gasteiger partial charge is 0.338 e. The number of aromatic nitrogens is 2. The summed E-state index contributed by atoms with van der Waals surface area (Å²) in [4.78, 5) is 13.4. The van der Waals surface area contributed by atoms with E-state index in [1.165, 1.54) is 0 Å². The lowest BCUT2D eigenvalue weighted by Gasteiger charge is -2.18. The van der Waals surface area contributed by atoms with Gasteiger partial charge in [0.15, 0.2) is 0 Å². The van der Waals surface area contributed by atoms with E-state index in [9.17, 15) is 4.79 Å². The zero-order valence-corrected chi connectivity index (χ0v) is 10.2. The standard InChI is InChI=1S/C11H20N4O/c1-4-15(5-2)11(16)12-8-6-10-7-9-14(3)13-10/h7,9H,4-6,8H2,1-3H3,(H,12,16). The topological polar surface area (TPSA) is 50.2 Å². The number of carbonyl (C=O) groups is 1. The van der Waals surface area contributed by atoms with Gasteiger partial charge in [-0.2, -0.15) is 5.10 Å². The van der Waals surface area contributed by atoms with Crippen molar-refractivity contribution in [1.82, 2.24) is 20.0 Å². The Morgan fingerprint density at radius 2 is 2.19 bits per heavy atom. The van der Waals surface area contributed by atoms with Crippen molar-refractivity contribution >= 4 is 6.03 Å². The van der Waals surface area contributed by atoms with Crippen LogP contribution in [0.2, 0.25) is 0 Å². The summed E-state index contributed by atoms with van der Waals surface area (Å²) in [6.45, 7) is 6.06. The molecule has 0 fully saturated rings. The Balaban J connectivity index is 2.27. The summed E-state index contributed by atoms with van der Waals surface area (Å²) in [5.74, 6) is 0. The lowest BCUT2D eigenvalue weighted by molar-refractivity contribution is 0.203. The van der Waals surface area contributed by atoms with Crippen LogP contribution in [0.3, 0.4) is 0 Å². The van der Waals surface area contributed by atoms with Crippen molar-refractivity contribution in [3.63, 3.8) is 0 Å². The highest BCUT2D eigenvalue weighted by atomic mass is 16.2. The quantitative estimate of drug-likeness (QED) is 0.811. The Morgan fingerprint density at radius 3 is 2.69 bits per heavy atom. The van der Waals surface area contributed by atoms with Crippen LogP contribution in [0.5, 0.6) is 0 Å². The van der Waals surface area contributed by atoms with E-state index >= 15 is 0 Å². The highest BCUT2D eigenvalue weighted by Gasteiger charge is 2.07. The van der Waals surface area contributed by atoms with E-state index in [0.717, 1.165) is 25.2 Å². The molecule has 0 aliphatic carbocycles. The minimum Gasteiger partial charge on any atom is -0.338 e. The molecule has 1 heterocycles. The fourth-order valence-corrected chi connectivity index (χ4v) is 1.52. The monoisotopic (exact) mass is 224 g/mol. The Morgan fingerprint density at radius 1 is 1.50 bits per heavy atom. The molecular weight excluding hydrogens is 204 g/mol. The molecule has 5 nitrogen and oxygen atoms in total. The molecule has 0 bridgehead atoms. The van der Waals surface area contributed by atoms with Crippen LogP contribution < -0.4 is 5.32 Å². The Kier molecular flexibility index (Phi) is 4.82. The summed E-state index contributed by atoms with van der Waals surface area (Å²) >= 11 is 0. The van der Waals surface area contributed by atoms with Crippen molar-refractivity contribution in [3.8, 4) is 0 Å². The van der Waals surface area contributed by atoms with Crippen molar-refractivity contribution in [2.24, 2.45) is 7.05 Å².